The molecule has 0 radical (unpaired) electrons. The number of esters is 1. The Bertz CT molecular complexity index is 998. The Kier molecular flexibility index (Phi) is 6.72. The number of nitrogens with zero attached hydrogens (tertiary/aromatic N) is 1. The number of aryl methyl sites for hydroxylation is 2. The van der Waals surface area contributed by atoms with Gasteiger partial charge in [0.05, 0.1) is 11.3 Å². The molecule has 1 atom stereocenters. The summed E-state index contributed by atoms with van der Waals surface area (Å²) in [5, 5.41) is 6.71. The van der Waals surface area contributed by atoms with E-state index in [1.54, 1.807) is 31.2 Å². The Hall–Kier alpha value is -3.06. The zero-order valence-corrected chi connectivity index (χ0v) is 17.3. The summed E-state index contributed by atoms with van der Waals surface area (Å²) in [6.45, 7) is 5.35. The number of amides is 1. The minimum atomic E-state index is -0.931. The molecule has 1 amide bonds. The number of thioether (sulfide) groups is 1. The summed E-state index contributed by atoms with van der Waals surface area (Å²) in [4.78, 5) is 25.7. The average molecular weight is 410 g/mol. The fraction of sp³-hybridized carbons (Fsp3) is 0.227. The van der Waals surface area contributed by atoms with Crippen LogP contribution in [0, 0.1) is 13.8 Å². The number of hydrogen-bond acceptors (Lipinski definition) is 6. The summed E-state index contributed by atoms with van der Waals surface area (Å²) in [5.41, 5.74) is 2.95. The molecule has 150 valence electrons. The smallest absolute Gasteiger partial charge is 0.340 e. The molecular weight excluding hydrogens is 388 g/mol. The molecule has 7 heteroatoms. The van der Waals surface area contributed by atoms with Gasteiger partial charge in [-0.3, -0.25) is 4.79 Å². The number of nitrogens with one attached hydrogen (secondary N) is 1. The topological polar surface area (TPSA) is 81.4 Å². The molecule has 0 aliphatic carbocycles. The van der Waals surface area contributed by atoms with Crippen LogP contribution < -0.4 is 5.32 Å². The van der Waals surface area contributed by atoms with Crippen LogP contribution in [0.2, 0.25) is 0 Å². The molecule has 3 aromatic rings. The van der Waals surface area contributed by atoms with E-state index in [-0.39, 0.29) is 5.91 Å². The van der Waals surface area contributed by atoms with Crippen LogP contribution in [-0.4, -0.2) is 23.1 Å². The highest BCUT2D eigenvalue weighted by Gasteiger charge is 2.21. The fourth-order valence-electron chi connectivity index (χ4n) is 2.56. The highest BCUT2D eigenvalue weighted by Crippen LogP contribution is 2.27. The van der Waals surface area contributed by atoms with Gasteiger partial charge in [0, 0.05) is 22.4 Å². The zero-order valence-electron chi connectivity index (χ0n) is 16.5. The van der Waals surface area contributed by atoms with Gasteiger partial charge in [-0.05, 0) is 45.0 Å². The van der Waals surface area contributed by atoms with Gasteiger partial charge in [0.15, 0.2) is 6.10 Å². The molecule has 0 aliphatic rings. The van der Waals surface area contributed by atoms with E-state index < -0.39 is 12.1 Å². The van der Waals surface area contributed by atoms with Crippen molar-refractivity contribution in [1.82, 2.24) is 5.16 Å². The van der Waals surface area contributed by atoms with Gasteiger partial charge in [-0.15, -0.1) is 11.8 Å². The van der Waals surface area contributed by atoms with Gasteiger partial charge in [0.2, 0.25) is 0 Å². The van der Waals surface area contributed by atoms with Gasteiger partial charge in [-0.25, -0.2) is 4.79 Å². The van der Waals surface area contributed by atoms with Gasteiger partial charge >= 0.3 is 5.97 Å². The minimum absolute atomic E-state index is 0.384. The third-order valence-corrected chi connectivity index (χ3v) is 5.24. The standard InChI is InChI=1S/C22H22N2O4S/c1-14-8-10-17(11-9-14)23-21(25)16(3)27-22(26)19-6-4-5-7-20(19)29-13-18-12-15(2)28-24-18/h4-12,16H,13H2,1-3H3,(H,23,25)/t16-/m1/s1. The number of benzene rings is 2. The molecule has 1 aromatic heterocycles. The number of rotatable bonds is 7. The maximum Gasteiger partial charge on any atom is 0.340 e. The molecule has 0 spiro atoms. The summed E-state index contributed by atoms with van der Waals surface area (Å²) in [7, 11) is 0. The second-order valence-electron chi connectivity index (χ2n) is 6.62. The van der Waals surface area contributed by atoms with E-state index in [1.165, 1.54) is 11.8 Å². The molecular formula is C22H22N2O4S. The van der Waals surface area contributed by atoms with E-state index in [1.807, 2.05) is 44.2 Å². The Balaban J connectivity index is 1.62. The highest BCUT2D eigenvalue weighted by molar-refractivity contribution is 7.98. The summed E-state index contributed by atoms with van der Waals surface area (Å²) in [6.07, 6.45) is -0.931. The van der Waals surface area contributed by atoms with Gasteiger partial charge in [0.25, 0.3) is 5.91 Å². The van der Waals surface area contributed by atoms with Crippen LogP contribution in [0.5, 0.6) is 0 Å². The predicted octanol–water partition coefficient (Wildman–Crippen LogP) is 4.77. The van der Waals surface area contributed by atoms with E-state index >= 15 is 0 Å². The Labute approximate surface area is 173 Å². The van der Waals surface area contributed by atoms with E-state index in [9.17, 15) is 9.59 Å². The van der Waals surface area contributed by atoms with Crippen LogP contribution in [0.4, 0.5) is 5.69 Å². The van der Waals surface area contributed by atoms with Crippen molar-refractivity contribution in [3.05, 3.63) is 77.2 Å². The van der Waals surface area contributed by atoms with Crippen LogP contribution in [0.1, 0.15) is 34.3 Å². The minimum Gasteiger partial charge on any atom is -0.449 e. The van der Waals surface area contributed by atoms with Crippen LogP contribution >= 0.6 is 11.8 Å². The maximum absolute atomic E-state index is 12.6. The van der Waals surface area contributed by atoms with Crippen molar-refractivity contribution in [2.45, 2.75) is 37.5 Å². The monoisotopic (exact) mass is 410 g/mol. The molecule has 3 rings (SSSR count). The molecule has 1 heterocycles. The first-order chi connectivity index (χ1) is 13.9. The predicted molar refractivity (Wildman–Crippen MR) is 112 cm³/mol. The Morgan fingerprint density at radius 1 is 1.14 bits per heavy atom. The third-order valence-electron chi connectivity index (χ3n) is 4.13. The molecule has 1 N–H and O–H groups in total. The molecule has 0 aliphatic heterocycles. The van der Waals surface area contributed by atoms with E-state index in [2.05, 4.69) is 10.5 Å². The number of carbonyl (C=O) groups is 2. The highest BCUT2D eigenvalue weighted by atomic mass is 32.2. The lowest BCUT2D eigenvalue weighted by Gasteiger charge is -2.15. The van der Waals surface area contributed by atoms with Crippen molar-refractivity contribution in [2.24, 2.45) is 0 Å². The van der Waals surface area contributed by atoms with Crippen molar-refractivity contribution < 1.29 is 18.8 Å². The first-order valence-corrected chi connectivity index (χ1v) is 10.1. The molecule has 0 fully saturated rings. The Morgan fingerprint density at radius 3 is 2.55 bits per heavy atom. The van der Waals surface area contributed by atoms with Gasteiger partial charge in [-0.1, -0.05) is 35.0 Å². The number of hydrogen-bond donors (Lipinski definition) is 1. The lowest BCUT2D eigenvalue weighted by atomic mass is 10.2. The maximum atomic E-state index is 12.6. The quantitative estimate of drug-likeness (QED) is 0.446. The number of anilines is 1. The van der Waals surface area contributed by atoms with Crippen LogP contribution in [-0.2, 0) is 15.3 Å². The second-order valence-corrected chi connectivity index (χ2v) is 7.63. The summed E-state index contributed by atoms with van der Waals surface area (Å²) in [6, 6.07) is 16.4. The van der Waals surface area contributed by atoms with Crippen molar-refractivity contribution in [1.29, 1.82) is 0 Å². The summed E-state index contributed by atoms with van der Waals surface area (Å²) in [5.74, 6) is 0.369. The molecule has 0 unspecified atom stereocenters. The van der Waals surface area contributed by atoms with Gasteiger partial charge in [-0.2, -0.15) is 0 Å². The molecule has 0 saturated heterocycles. The van der Waals surface area contributed by atoms with Crippen molar-refractivity contribution >= 4 is 29.3 Å². The first-order valence-electron chi connectivity index (χ1n) is 9.15. The second kappa shape index (κ2) is 9.43. The molecule has 6 nitrogen and oxygen atoms in total. The molecule has 0 bridgehead atoms. The van der Waals surface area contributed by atoms with Crippen LogP contribution in [0.3, 0.4) is 0 Å². The van der Waals surface area contributed by atoms with Gasteiger partial charge in [0.1, 0.15) is 5.76 Å². The van der Waals surface area contributed by atoms with Crippen molar-refractivity contribution in [3.63, 3.8) is 0 Å². The Morgan fingerprint density at radius 2 is 1.86 bits per heavy atom. The third kappa shape index (κ3) is 5.71. The summed E-state index contributed by atoms with van der Waals surface area (Å²) >= 11 is 1.46. The largest absolute Gasteiger partial charge is 0.449 e. The fourth-order valence-corrected chi connectivity index (χ4v) is 3.48. The number of aromatic nitrogens is 1. The first kappa shape index (κ1) is 20.7. The van der Waals surface area contributed by atoms with E-state index in [0.29, 0.717) is 17.0 Å². The molecule has 2 aromatic carbocycles. The lowest BCUT2D eigenvalue weighted by Crippen LogP contribution is -2.30. The van der Waals surface area contributed by atoms with Gasteiger partial charge < -0.3 is 14.6 Å². The SMILES string of the molecule is Cc1ccc(NC(=O)[C@@H](C)OC(=O)c2ccccc2SCc2cc(C)on2)cc1. The molecule has 0 saturated carbocycles. The van der Waals surface area contributed by atoms with E-state index in [0.717, 1.165) is 21.9 Å². The normalized spacial score (nSPS) is 11.7. The van der Waals surface area contributed by atoms with Crippen LogP contribution in [0.15, 0.2) is 64.0 Å². The zero-order chi connectivity index (χ0) is 20.8. The number of carbonyl (C=O) groups excluding carboxylic acids is 2. The lowest BCUT2D eigenvalue weighted by molar-refractivity contribution is -0.123. The van der Waals surface area contributed by atoms with Crippen LogP contribution in [0.25, 0.3) is 0 Å². The molecule has 29 heavy (non-hydrogen) atoms. The summed E-state index contributed by atoms with van der Waals surface area (Å²) < 4.78 is 10.5. The van der Waals surface area contributed by atoms with Crippen molar-refractivity contribution in [2.75, 3.05) is 5.32 Å². The van der Waals surface area contributed by atoms with Crippen molar-refractivity contribution in [3.8, 4) is 0 Å². The number of ether oxygens (including phenoxy) is 1. The average Bonchev–Trinajstić information content (AvgIpc) is 3.13. The van der Waals surface area contributed by atoms with E-state index in [4.69, 9.17) is 9.26 Å².